The van der Waals surface area contributed by atoms with E-state index in [1.54, 1.807) is 24.3 Å². The molecular formula is C18H15Cl3N2O4. The van der Waals surface area contributed by atoms with E-state index in [1.165, 1.54) is 18.2 Å². The molecule has 2 rings (SSSR count). The molecule has 27 heavy (non-hydrogen) atoms. The highest BCUT2D eigenvalue weighted by molar-refractivity contribution is 6.36. The fourth-order valence-electron chi connectivity index (χ4n) is 2.28. The molecule has 0 spiro atoms. The maximum absolute atomic E-state index is 12.1. The Morgan fingerprint density at radius 2 is 1.63 bits per heavy atom. The van der Waals surface area contributed by atoms with Gasteiger partial charge < -0.3 is 15.8 Å². The third-order valence-corrected chi connectivity index (χ3v) is 4.36. The van der Waals surface area contributed by atoms with Gasteiger partial charge in [0.15, 0.2) is 6.61 Å². The highest BCUT2D eigenvalue weighted by Gasteiger charge is 2.20. The zero-order chi connectivity index (χ0) is 20.0. The monoisotopic (exact) mass is 428 g/mol. The quantitative estimate of drug-likeness (QED) is 0.509. The van der Waals surface area contributed by atoms with Crippen molar-refractivity contribution in [1.29, 1.82) is 0 Å². The molecule has 2 aromatic rings. The fourth-order valence-corrected chi connectivity index (χ4v) is 2.92. The Balaban J connectivity index is 1.99. The van der Waals surface area contributed by atoms with Crippen molar-refractivity contribution in [3.63, 3.8) is 0 Å². The van der Waals surface area contributed by atoms with Crippen molar-refractivity contribution >= 4 is 52.6 Å². The molecule has 0 aromatic heterocycles. The summed E-state index contributed by atoms with van der Waals surface area (Å²) in [5.41, 5.74) is 5.96. The first-order chi connectivity index (χ1) is 12.8. The van der Waals surface area contributed by atoms with Gasteiger partial charge in [-0.1, -0.05) is 46.9 Å². The first-order valence-corrected chi connectivity index (χ1v) is 8.85. The summed E-state index contributed by atoms with van der Waals surface area (Å²) in [4.78, 5) is 35.4. The lowest BCUT2D eigenvalue weighted by Gasteiger charge is -2.17. The average molecular weight is 430 g/mol. The maximum Gasteiger partial charge on any atom is 0.312 e. The highest BCUT2D eigenvalue weighted by Crippen LogP contribution is 2.22. The number of nitrogens with two attached hydrogens (primary N) is 1. The molecule has 0 radical (unpaired) electrons. The Kier molecular flexibility index (Phi) is 7.47. The molecule has 0 bridgehead atoms. The van der Waals surface area contributed by atoms with Gasteiger partial charge in [0.05, 0.1) is 17.5 Å². The first-order valence-electron chi connectivity index (χ1n) is 7.71. The number of hydrogen-bond donors (Lipinski definition) is 2. The van der Waals surface area contributed by atoms with Crippen LogP contribution < -0.4 is 11.1 Å². The average Bonchev–Trinajstić information content (AvgIpc) is 2.59. The molecule has 2 amide bonds. The molecule has 0 heterocycles. The second-order valence-electron chi connectivity index (χ2n) is 5.52. The van der Waals surface area contributed by atoms with Gasteiger partial charge in [-0.25, -0.2) is 4.79 Å². The normalized spacial score (nSPS) is 11.5. The van der Waals surface area contributed by atoms with Gasteiger partial charge >= 0.3 is 12.0 Å². The summed E-state index contributed by atoms with van der Waals surface area (Å²) >= 11 is 17.6. The number of ether oxygens (including phenoxy) is 1. The smallest absolute Gasteiger partial charge is 0.312 e. The second kappa shape index (κ2) is 9.60. The molecule has 0 aliphatic carbocycles. The molecule has 0 saturated carbocycles. The zero-order valence-corrected chi connectivity index (χ0v) is 16.1. The van der Waals surface area contributed by atoms with Crippen LogP contribution in [-0.4, -0.2) is 24.4 Å². The Labute approximate surface area is 170 Å². The number of primary amides is 1. The number of nitrogens with one attached hydrogen (secondary N) is 1. The molecule has 1 atom stereocenters. The maximum atomic E-state index is 12.1. The number of benzene rings is 2. The van der Waals surface area contributed by atoms with Gasteiger partial charge in [-0.15, -0.1) is 0 Å². The van der Waals surface area contributed by atoms with Crippen LogP contribution in [-0.2, 0) is 9.53 Å². The van der Waals surface area contributed by atoms with Crippen LogP contribution in [0.3, 0.4) is 0 Å². The van der Waals surface area contributed by atoms with E-state index in [9.17, 15) is 14.4 Å². The standard InChI is InChI=1S/C18H15Cl3N2O4/c19-11-3-1-10(2-4-11)15(23-18(22)26)8-17(25)27-9-16(24)13-6-5-12(20)7-14(13)21/h1-7,15H,8-9H2,(H3,22,23,26). The third-order valence-electron chi connectivity index (χ3n) is 3.56. The number of carbonyl (C=O) groups is 3. The van der Waals surface area contributed by atoms with Crippen LogP contribution in [0.15, 0.2) is 42.5 Å². The van der Waals surface area contributed by atoms with Crippen LogP contribution in [0.2, 0.25) is 15.1 Å². The van der Waals surface area contributed by atoms with Crippen LogP contribution in [0.1, 0.15) is 28.4 Å². The molecular weight excluding hydrogens is 415 g/mol. The van der Waals surface area contributed by atoms with Crippen molar-refractivity contribution in [2.24, 2.45) is 5.73 Å². The van der Waals surface area contributed by atoms with Crippen LogP contribution in [0, 0.1) is 0 Å². The molecule has 0 fully saturated rings. The summed E-state index contributed by atoms with van der Waals surface area (Å²) in [5.74, 6) is -1.17. The van der Waals surface area contributed by atoms with E-state index in [0.29, 0.717) is 15.6 Å². The minimum absolute atomic E-state index is 0.165. The van der Waals surface area contributed by atoms with E-state index in [0.717, 1.165) is 0 Å². The SMILES string of the molecule is NC(=O)NC(CC(=O)OCC(=O)c1ccc(Cl)cc1Cl)c1ccc(Cl)cc1. The van der Waals surface area contributed by atoms with Crippen molar-refractivity contribution in [2.45, 2.75) is 12.5 Å². The van der Waals surface area contributed by atoms with E-state index in [-0.39, 0.29) is 17.0 Å². The Hall–Kier alpha value is -2.28. The Bertz CT molecular complexity index is 856. The number of Topliss-reactive ketones (excluding diaryl/α,β-unsaturated/α-hetero) is 1. The number of esters is 1. The van der Waals surface area contributed by atoms with Crippen LogP contribution in [0.25, 0.3) is 0 Å². The third kappa shape index (κ3) is 6.43. The number of amides is 2. The largest absolute Gasteiger partial charge is 0.457 e. The lowest BCUT2D eigenvalue weighted by atomic mass is 10.0. The van der Waals surface area contributed by atoms with Gasteiger partial charge in [0, 0.05) is 15.6 Å². The van der Waals surface area contributed by atoms with E-state index in [1.807, 2.05) is 0 Å². The molecule has 142 valence electrons. The van der Waals surface area contributed by atoms with Crippen molar-refractivity contribution in [2.75, 3.05) is 6.61 Å². The lowest BCUT2D eigenvalue weighted by Crippen LogP contribution is -2.34. The molecule has 3 N–H and O–H groups in total. The van der Waals surface area contributed by atoms with Gasteiger partial charge in [0.2, 0.25) is 5.78 Å². The molecule has 0 aliphatic rings. The number of hydrogen-bond acceptors (Lipinski definition) is 4. The van der Waals surface area contributed by atoms with Gasteiger partial charge in [-0.2, -0.15) is 0 Å². The van der Waals surface area contributed by atoms with E-state index >= 15 is 0 Å². The summed E-state index contributed by atoms with van der Waals surface area (Å²) in [5, 5.41) is 3.51. The van der Waals surface area contributed by atoms with Crippen LogP contribution >= 0.6 is 34.8 Å². The van der Waals surface area contributed by atoms with Gasteiger partial charge in [0.1, 0.15) is 0 Å². The summed E-state index contributed by atoms with van der Waals surface area (Å²) in [6, 6.07) is 9.39. The van der Waals surface area contributed by atoms with Crippen molar-refractivity contribution in [1.82, 2.24) is 5.32 Å². The van der Waals surface area contributed by atoms with Crippen molar-refractivity contribution in [3.05, 3.63) is 68.7 Å². The summed E-state index contributed by atoms with van der Waals surface area (Å²) in [7, 11) is 0. The first kappa shape index (κ1) is 21.0. The summed E-state index contributed by atoms with van der Waals surface area (Å²) < 4.78 is 5.00. The van der Waals surface area contributed by atoms with Gasteiger partial charge in [0.25, 0.3) is 0 Å². The van der Waals surface area contributed by atoms with Gasteiger partial charge in [-0.05, 0) is 35.9 Å². The van der Waals surface area contributed by atoms with Gasteiger partial charge in [-0.3, -0.25) is 9.59 Å². The summed E-state index contributed by atoms with van der Waals surface area (Å²) in [6.07, 6.45) is -0.216. The molecule has 2 aromatic carbocycles. The zero-order valence-electron chi connectivity index (χ0n) is 13.9. The molecule has 0 saturated heterocycles. The number of ketones is 1. The topological polar surface area (TPSA) is 98.5 Å². The molecule has 6 nitrogen and oxygen atoms in total. The molecule has 9 heteroatoms. The number of rotatable bonds is 7. The van der Waals surface area contributed by atoms with Crippen LogP contribution in [0.5, 0.6) is 0 Å². The minimum atomic E-state index is -0.799. The fraction of sp³-hybridized carbons (Fsp3) is 0.167. The lowest BCUT2D eigenvalue weighted by molar-refractivity contribution is -0.143. The summed E-state index contributed by atoms with van der Waals surface area (Å²) in [6.45, 7) is -0.496. The predicted octanol–water partition coefficient (Wildman–Crippen LogP) is 4.17. The van der Waals surface area contributed by atoms with E-state index in [4.69, 9.17) is 45.3 Å². The predicted molar refractivity (Wildman–Crippen MR) is 103 cm³/mol. The molecule has 1 unspecified atom stereocenters. The number of carbonyl (C=O) groups excluding carboxylic acids is 3. The number of urea groups is 1. The second-order valence-corrected chi connectivity index (χ2v) is 6.80. The minimum Gasteiger partial charge on any atom is -0.457 e. The van der Waals surface area contributed by atoms with E-state index in [2.05, 4.69) is 5.32 Å². The Morgan fingerprint density at radius 1 is 1.00 bits per heavy atom. The Morgan fingerprint density at radius 3 is 2.22 bits per heavy atom. The van der Waals surface area contributed by atoms with Crippen molar-refractivity contribution in [3.8, 4) is 0 Å². The molecule has 0 aliphatic heterocycles. The number of halogens is 3. The van der Waals surface area contributed by atoms with Crippen molar-refractivity contribution < 1.29 is 19.1 Å². The van der Waals surface area contributed by atoms with E-state index < -0.39 is 30.4 Å². The van der Waals surface area contributed by atoms with Crippen LogP contribution in [0.4, 0.5) is 4.79 Å². The highest BCUT2D eigenvalue weighted by atomic mass is 35.5.